The van der Waals surface area contributed by atoms with E-state index in [0.717, 1.165) is 0 Å². The molecule has 3 aromatic rings. The van der Waals surface area contributed by atoms with E-state index in [-0.39, 0.29) is 17.9 Å². The molecule has 1 amide bonds. The lowest BCUT2D eigenvalue weighted by Gasteiger charge is -2.21. The third kappa shape index (κ3) is 5.05. The number of amides is 1. The van der Waals surface area contributed by atoms with Gasteiger partial charge in [0.15, 0.2) is 11.6 Å². The van der Waals surface area contributed by atoms with Crippen LogP contribution < -0.4 is 15.0 Å². The van der Waals surface area contributed by atoms with E-state index in [1.807, 2.05) is 45.9 Å². The van der Waals surface area contributed by atoms with Crippen LogP contribution >= 0.6 is 11.5 Å². The third-order valence-electron chi connectivity index (χ3n) is 3.96. The standard InChI is InChI=1S/C20H24N6O2S/c1-12(2)19(27)26(5)16-7-6-10-21-18(16)24-20-23-17(25-29-20)15-9-8-14(11-22-15)28-13(3)4/h6-13H,1-5H3,(H,21,23,24,25). The van der Waals surface area contributed by atoms with Gasteiger partial charge in [0.25, 0.3) is 0 Å². The van der Waals surface area contributed by atoms with E-state index in [0.29, 0.717) is 33.9 Å². The average Bonchev–Trinajstić information content (AvgIpc) is 3.16. The molecule has 0 aromatic carbocycles. The SMILES string of the molecule is CC(C)Oc1ccc(-c2nsc(Nc3ncccc3N(C)C(=O)C(C)C)n2)nc1. The fraction of sp³-hybridized carbons (Fsp3) is 0.350. The van der Waals surface area contributed by atoms with Crippen molar-refractivity contribution in [2.24, 2.45) is 5.92 Å². The number of aromatic nitrogens is 4. The molecular formula is C20H24N6O2S. The minimum absolute atomic E-state index is 0.00640. The molecule has 3 aromatic heterocycles. The molecule has 0 spiro atoms. The predicted molar refractivity (Wildman–Crippen MR) is 115 cm³/mol. The maximum atomic E-state index is 12.4. The molecule has 0 aliphatic rings. The summed E-state index contributed by atoms with van der Waals surface area (Å²) in [5.41, 5.74) is 1.33. The number of ether oxygens (including phenoxy) is 1. The number of carbonyl (C=O) groups is 1. The molecule has 29 heavy (non-hydrogen) atoms. The Morgan fingerprint density at radius 1 is 1.17 bits per heavy atom. The highest BCUT2D eigenvalue weighted by Gasteiger charge is 2.19. The Morgan fingerprint density at radius 3 is 2.62 bits per heavy atom. The fourth-order valence-electron chi connectivity index (χ4n) is 2.60. The lowest BCUT2D eigenvalue weighted by Crippen LogP contribution is -2.30. The molecular weight excluding hydrogens is 388 g/mol. The van der Waals surface area contributed by atoms with Crippen LogP contribution in [-0.4, -0.2) is 38.4 Å². The van der Waals surface area contributed by atoms with E-state index in [1.54, 1.807) is 30.4 Å². The van der Waals surface area contributed by atoms with Crippen molar-refractivity contribution in [1.29, 1.82) is 0 Å². The zero-order valence-corrected chi connectivity index (χ0v) is 17.9. The molecule has 8 nitrogen and oxygen atoms in total. The average molecular weight is 413 g/mol. The lowest BCUT2D eigenvalue weighted by atomic mass is 10.2. The summed E-state index contributed by atoms with van der Waals surface area (Å²) >= 11 is 1.20. The summed E-state index contributed by atoms with van der Waals surface area (Å²) < 4.78 is 9.97. The van der Waals surface area contributed by atoms with Crippen molar-refractivity contribution in [2.45, 2.75) is 33.8 Å². The molecule has 152 valence electrons. The quantitative estimate of drug-likeness (QED) is 0.623. The molecule has 3 rings (SSSR count). The van der Waals surface area contributed by atoms with Gasteiger partial charge in [0.1, 0.15) is 11.4 Å². The minimum Gasteiger partial charge on any atom is -0.489 e. The van der Waals surface area contributed by atoms with Gasteiger partial charge in [-0.15, -0.1) is 0 Å². The molecule has 0 unspecified atom stereocenters. The zero-order valence-electron chi connectivity index (χ0n) is 17.1. The van der Waals surface area contributed by atoms with Crippen molar-refractivity contribution in [3.8, 4) is 17.3 Å². The molecule has 0 aliphatic carbocycles. The Morgan fingerprint density at radius 2 is 1.97 bits per heavy atom. The number of pyridine rings is 2. The van der Waals surface area contributed by atoms with Crippen LogP contribution in [0.3, 0.4) is 0 Å². The number of nitrogens with zero attached hydrogens (tertiary/aromatic N) is 5. The number of anilines is 3. The first-order chi connectivity index (χ1) is 13.8. The largest absolute Gasteiger partial charge is 0.489 e. The summed E-state index contributed by atoms with van der Waals surface area (Å²) in [5, 5.41) is 3.73. The Labute approximate surface area is 174 Å². The summed E-state index contributed by atoms with van der Waals surface area (Å²) in [6.07, 6.45) is 3.41. The highest BCUT2D eigenvalue weighted by Crippen LogP contribution is 2.29. The molecule has 0 fully saturated rings. The van der Waals surface area contributed by atoms with Crippen LogP contribution in [0, 0.1) is 5.92 Å². The van der Waals surface area contributed by atoms with Crippen molar-refractivity contribution in [3.63, 3.8) is 0 Å². The van der Waals surface area contributed by atoms with Crippen LogP contribution in [0.15, 0.2) is 36.7 Å². The van der Waals surface area contributed by atoms with Gasteiger partial charge in [0.2, 0.25) is 11.0 Å². The molecule has 9 heteroatoms. The van der Waals surface area contributed by atoms with Gasteiger partial charge in [-0.25, -0.2) is 9.97 Å². The van der Waals surface area contributed by atoms with Crippen LogP contribution in [0.4, 0.5) is 16.6 Å². The van der Waals surface area contributed by atoms with E-state index < -0.39 is 0 Å². The van der Waals surface area contributed by atoms with Gasteiger partial charge in [-0.3, -0.25) is 4.79 Å². The van der Waals surface area contributed by atoms with Crippen molar-refractivity contribution < 1.29 is 9.53 Å². The maximum absolute atomic E-state index is 12.4. The van der Waals surface area contributed by atoms with E-state index in [1.165, 1.54) is 11.5 Å². The minimum atomic E-state index is -0.116. The maximum Gasteiger partial charge on any atom is 0.229 e. The monoisotopic (exact) mass is 412 g/mol. The molecule has 0 saturated heterocycles. The van der Waals surface area contributed by atoms with Crippen LogP contribution in [0.25, 0.3) is 11.5 Å². The molecule has 0 aliphatic heterocycles. The Hall–Kier alpha value is -3.07. The predicted octanol–water partition coefficient (Wildman–Crippen LogP) is 4.14. The summed E-state index contributed by atoms with van der Waals surface area (Å²) in [4.78, 5) is 27.2. The van der Waals surface area contributed by atoms with Crippen molar-refractivity contribution in [1.82, 2.24) is 19.3 Å². The topological polar surface area (TPSA) is 93.1 Å². The Kier molecular flexibility index (Phi) is 6.38. The van der Waals surface area contributed by atoms with Gasteiger partial charge in [-0.05, 0) is 38.1 Å². The van der Waals surface area contributed by atoms with Gasteiger partial charge in [-0.1, -0.05) is 13.8 Å². The highest BCUT2D eigenvalue weighted by molar-refractivity contribution is 7.09. The molecule has 0 bridgehead atoms. The van der Waals surface area contributed by atoms with Gasteiger partial charge < -0.3 is 15.0 Å². The van der Waals surface area contributed by atoms with Gasteiger partial charge in [0, 0.05) is 30.7 Å². The summed E-state index contributed by atoms with van der Waals surface area (Å²) in [6.45, 7) is 7.66. The van der Waals surface area contributed by atoms with E-state index in [9.17, 15) is 4.79 Å². The fourth-order valence-corrected chi connectivity index (χ4v) is 3.18. The van der Waals surface area contributed by atoms with E-state index >= 15 is 0 Å². The number of hydrogen-bond donors (Lipinski definition) is 1. The Bertz CT molecular complexity index is 971. The van der Waals surface area contributed by atoms with Gasteiger partial charge in [0.05, 0.1) is 18.0 Å². The normalized spacial score (nSPS) is 11.0. The number of hydrogen-bond acceptors (Lipinski definition) is 8. The molecule has 0 saturated carbocycles. The molecule has 0 radical (unpaired) electrons. The van der Waals surface area contributed by atoms with Crippen molar-refractivity contribution in [3.05, 3.63) is 36.7 Å². The van der Waals surface area contributed by atoms with Gasteiger partial charge >= 0.3 is 0 Å². The summed E-state index contributed by atoms with van der Waals surface area (Å²) in [7, 11) is 1.74. The van der Waals surface area contributed by atoms with E-state index in [2.05, 4.69) is 24.6 Å². The Balaban J connectivity index is 1.78. The first-order valence-electron chi connectivity index (χ1n) is 9.31. The van der Waals surface area contributed by atoms with Crippen LogP contribution in [-0.2, 0) is 4.79 Å². The number of nitrogens with one attached hydrogen (secondary N) is 1. The second-order valence-corrected chi connectivity index (χ2v) is 7.77. The lowest BCUT2D eigenvalue weighted by molar-refractivity contribution is -0.121. The van der Waals surface area contributed by atoms with Crippen LogP contribution in [0.1, 0.15) is 27.7 Å². The molecule has 0 atom stereocenters. The smallest absolute Gasteiger partial charge is 0.229 e. The van der Waals surface area contributed by atoms with Crippen molar-refractivity contribution >= 4 is 34.1 Å². The number of carbonyl (C=O) groups excluding carboxylic acids is 1. The first-order valence-corrected chi connectivity index (χ1v) is 10.1. The number of rotatable bonds is 7. The highest BCUT2D eigenvalue weighted by atomic mass is 32.1. The zero-order chi connectivity index (χ0) is 21.0. The van der Waals surface area contributed by atoms with Crippen LogP contribution in [0.2, 0.25) is 0 Å². The molecule has 1 N–H and O–H groups in total. The second-order valence-electron chi connectivity index (χ2n) is 7.02. The summed E-state index contributed by atoms with van der Waals surface area (Å²) in [5.74, 6) is 1.65. The van der Waals surface area contributed by atoms with E-state index in [4.69, 9.17) is 4.74 Å². The van der Waals surface area contributed by atoms with Crippen LogP contribution in [0.5, 0.6) is 5.75 Å². The van der Waals surface area contributed by atoms with Gasteiger partial charge in [-0.2, -0.15) is 9.36 Å². The summed E-state index contributed by atoms with van der Waals surface area (Å²) in [6, 6.07) is 7.30. The molecule has 3 heterocycles. The first kappa shape index (κ1) is 20.7. The second kappa shape index (κ2) is 8.95. The van der Waals surface area contributed by atoms with Crippen molar-refractivity contribution in [2.75, 3.05) is 17.3 Å². The third-order valence-corrected chi connectivity index (χ3v) is 4.59.